The third-order valence-electron chi connectivity index (χ3n) is 7.93. The molecule has 53 heavy (non-hydrogen) atoms. The van der Waals surface area contributed by atoms with Gasteiger partial charge < -0.3 is 26.0 Å². The molecule has 5 aromatic rings. The molecule has 0 saturated carbocycles. The summed E-state index contributed by atoms with van der Waals surface area (Å²) < 4.78 is 4.99. The molecular formula is C41H38N4O6S2. The molecule has 4 N–H and O–H groups in total. The number of carbonyl (C=O) groups is 5. The zero-order valence-corrected chi connectivity index (χ0v) is 31.2. The van der Waals surface area contributed by atoms with Gasteiger partial charge in [-0.15, -0.1) is 23.1 Å². The maximum atomic E-state index is 13.7. The Balaban J connectivity index is 1.32. The highest BCUT2D eigenvalue weighted by atomic mass is 32.2. The smallest absolute Gasteiger partial charge is 0.341 e. The molecule has 1 atom stereocenters. The fourth-order valence-electron chi connectivity index (χ4n) is 5.27. The van der Waals surface area contributed by atoms with Crippen LogP contribution in [0.2, 0.25) is 0 Å². The number of anilines is 3. The summed E-state index contributed by atoms with van der Waals surface area (Å²) in [7, 11) is 1.24. The molecule has 4 amide bonds. The van der Waals surface area contributed by atoms with Crippen molar-refractivity contribution < 1.29 is 28.7 Å². The van der Waals surface area contributed by atoms with Crippen molar-refractivity contribution in [3.8, 4) is 0 Å². The third-order valence-corrected chi connectivity index (χ3v) is 10.5. The lowest BCUT2D eigenvalue weighted by Crippen LogP contribution is -2.30. The second kappa shape index (κ2) is 18.0. The summed E-state index contributed by atoms with van der Waals surface area (Å²) in [5.41, 5.74) is 3.75. The molecule has 0 saturated heterocycles. The summed E-state index contributed by atoms with van der Waals surface area (Å²) in [6.45, 7) is 5.44. The highest BCUT2D eigenvalue weighted by Crippen LogP contribution is 2.36. The Bertz CT molecular complexity index is 2170. The van der Waals surface area contributed by atoms with Gasteiger partial charge in [-0.3, -0.25) is 19.2 Å². The average molecular weight is 747 g/mol. The number of hydrogen-bond donors (Lipinski definition) is 4. The standard InChI is InChI=1S/C41H38N4O6S2/c1-5-33(38(48)45-40-34(41(50)51-4)26(3)35(53-40)39(49)42-29-18-10-7-11-19-29)52-31-21-13-20-30(24-31)43-37(47)32(23-27-15-12-14-25(2)22-27)44-36(46)28-16-8-6-9-17-28/h6-24,33H,5H2,1-4H3,(H,42,49)(H,43,47)(H,44,46)(H,45,48)/b32-23+. The summed E-state index contributed by atoms with van der Waals surface area (Å²) in [5.74, 6) is -2.42. The van der Waals surface area contributed by atoms with E-state index in [9.17, 15) is 24.0 Å². The van der Waals surface area contributed by atoms with Crippen LogP contribution in [0, 0.1) is 13.8 Å². The van der Waals surface area contributed by atoms with Crippen LogP contribution in [0.5, 0.6) is 0 Å². The quantitative estimate of drug-likeness (QED) is 0.0539. The van der Waals surface area contributed by atoms with E-state index in [0.29, 0.717) is 33.8 Å². The molecule has 12 heteroatoms. The molecule has 10 nitrogen and oxygen atoms in total. The number of rotatable bonds is 13. The number of aryl methyl sites for hydroxylation is 1. The largest absolute Gasteiger partial charge is 0.465 e. The number of benzene rings is 4. The Labute approximate surface area is 316 Å². The monoisotopic (exact) mass is 746 g/mol. The number of ether oxygens (including phenoxy) is 1. The first kappa shape index (κ1) is 38.3. The van der Waals surface area contributed by atoms with Gasteiger partial charge in [0.25, 0.3) is 17.7 Å². The first-order valence-electron chi connectivity index (χ1n) is 16.7. The molecule has 0 fully saturated rings. The minimum atomic E-state index is -0.673. The van der Waals surface area contributed by atoms with E-state index in [1.54, 1.807) is 85.8 Å². The van der Waals surface area contributed by atoms with Gasteiger partial charge >= 0.3 is 5.97 Å². The lowest BCUT2D eigenvalue weighted by atomic mass is 10.1. The topological polar surface area (TPSA) is 143 Å². The highest BCUT2D eigenvalue weighted by Gasteiger charge is 2.28. The van der Waals surface area contributed by atoms with Crippen molar-refractivity contribution in [2.75, 3.05) is 23.1 Å². The predicted octanol–water partition coefficient (Wildman–Crippen LogP) is 8.32. The van der Waals surface area contributed by atoms with Gasteiger partial charge in [-0.05, 0) is 79.9 Å². The second-order valence-electron chi connectivity index (χ2n) is 11.9. The molecule has 1 unspecified atom stereocenters. The zero-order valence-electron chi connectivity index (χ0n) is 29.5. The minimum Gasteiger partial charge on any atom is -0.465 e. The Morgan fingerprint density at radius 2 is 1.45 bits per heavy atom. The fourth-order valence-corrected chi connectivity index (χ4v) is 7.38. The molecule has 1 aromatic heterocycles. The second-order valence-corrected chi connectivity index (χ2v) is 14.1. The normalized spacial score (nSPS) is 11.6. The summed E-state index contributed by atoms with van der Waals surface area (Å²) >= 11 is 2.28. The van der Waals surface area contributed by atoms with E-state index >= 15 is 0 Å². The summed E-state index contributed by atoms with van der Waals surface area (Å²) in [4.78, 5) is 67.3. The van der Waals surface area contributed by atoms with Crippen LogP contribution in [0.4, 0.5) is 16.4 Å². The van der Waals surface area contributed by atoms with Crippen molar-refractivity contribution in [2.24, 2.45) is 0 Å². The van der Waals surface area contributed by atoms with Crippen LogP contribution in [0.25, 0.3) is 6.08 Å². The van der Waals surface area contributed by atoms with Gasteiger partial charge in [0.15, 0.2) is 0 Å². The average Bonchev–Trinajstić information content (AvgIpc) is 3.49. The van der Waals surface area contributed by atoms with E-state index in [0.717, 1.165) is 22.5 Å². The number of thioether (sulfide) groups is 1. The SMILES string of the molecule is CCC(Sc1cccc(NC(=O)/C(=C\c2cccc(C)c2)NC(=O)c2ccccc2)c1)C(=O)Nc1sc(C(=O)Nc2ccccc2)c(C)c1C(=O)OC. The van der Waals surface area contributed by atoms with Gasteiger partial charge in [-0.1, -0.05) is 79.2 Å². The van der Waals surface area contributed by atoms with E-state index in [4.69, 9.17) is 4.74 Å². The van der Waals surface area contributed by atoms with Gasteiger partial charge in [0, 0.05) is 21.8 Å². The predicted molar refractivity (Wildman–Crippen MR) is 211 cm³/mol. The Kier molecular flexibility index (Phi) is 13.0. The molecule has 4 aromatic carbocycles. The van der Waals surface area contributed by atoms with Crippen LogP contribution in [0.1, 0.15) is 60.4 Å². The lowest BCUT2D eigenvalue weighted by molar-refractivity contribution is -0.116. The van der Waals surface area contributed by atoms with Gasteiger partial charge in [0.2, 0.25) is 5.91 Å². The minimum absolute atomic E-state index is 0.0535. The summed E-state index contributed by atoms with van der Waals surface area (Å²) in [5, 5.41) is 10.9. The molecule has 5 rings (SSSR count). The number of methoxy groups -OCH3 is 1. The molecule has 0 bridgehead atoms. The highest BCUT2D eigenvalue weighted by molar-refractivity contribution is 8.00. The van der Waals surface area contributed by atoms with Gasteiger partial charge in [-0.2, -0.15) is 0 Å². The van der Waals surface area contributed by atoms with Gasteiger partial charge in [0.05, 0.1) is 22.8 Å². The van der Waals surface area contributed by atoms with E-state index in [2.05, 4.69) is 21.3 Å². The number of carbonyl (C=O) groups excluding carboxylic acids is 5. The number of thiophene rings is 1. The van der Waals surface area contributed by atoms with Crippen molar-refractivity contribution in [1.29, 1.82) is 0 Å². The first-order chi connectivity index (χ1) is 25.6. The van der Waals surface area contributed by atoms with Crippen LogP contribution in [0.15, 0.2) is 120 Å². The van der Waals surface area contributed by atoms with Crippen LogP contribution in [-0.4, -0.2) is 42.0 Å². The summed E-state index contributed by atoms with van der Waals surface area (Å²) in [6, 6.07) is 32.1. The third kappa shape index (κ3) is 10.1. The van der Waals surface area contributed by atoms with E-state index in [1.165, 1.54) is 18.9 Å². The van der Waals surface area contributed by atoms with E-state index < -0.39 is 28.9 Å². The van der Waals surface area contributed by atoms with Crippen molar-refractivity contribution in [2.45, 2.75) is 37.3 Å². The maximum absolute atomic E-state index is 13.7. The fraction of sp³-hybridized carbons (Fsp3) is 0.146. The van der Waals surface area contributed by atoms with Crippen molar-refractivity contribution in [3.63, 3.8) is 0 Å². The molecule has 270 valence electrons. The summed E-state index contributed by atoms with van der Waals surface area (Å²) in [6.07, 6.45) is 2.05. The molecule has 0 spiro atoms. The van der Waals surface area contributed by atoms with Crippen LogP contribution in [0.3, 0.4) is 0 Å². The molecule has 0 aliphatic carbocycles. The number of amides is 4. The van der Waals surface area contributed by atoms with Gasteiger partial charge in [-0.25, -0.2) is 4.79 Å². The number of esters is 1. The van der Waals surface area contributed by atoms with E-state index in [-0.39, 0.29) is 27.0 Å². The molecule has 0 radical (unpaired) electrons. The number of nitrogens with one attached hydrogen (secondary N) is 4. The van der Waals surface area contributed by atoms with Crippen molar-refractivity contribution in [1.82, 2.24) is 5.32 Å². The van der Waals surface area contributed by atoms with Crippen molar-refractivity contribution >= 4 is 75.1 Å². The Morgan fingerprint density at radius 1 is 0.774 bits per heavy atom. The molecule has 1 heterocycles. The first-order valence-corrected chi connectivity index (χ1v) is 18.4. The molecule has 0 aliphatic rings. The number of hydrogen-bond acceptors (Lipinski definition) is 8. The zero-order chi connectivity index (χ0) is 37.9. The number of para-hydroxylation sites is 1. The van der Waals surface area contributed by atoms with Gasteiger partial charge in [0.1, 0.15) is 10.7 Å². The van der Waals surface area contributed by atoms with E-state index in [1.807, 2.05) is 50.2 Å². The molecular weight excluding hydrogens is 709 g/mol. The van der Waals surface area contributed by atoms with Crippen LogP contribution in [-0.2, 0) is 14.3 Å². The Hall–Kier alpha value is -5.98. The van der Waals surface area contributed by atoms with Crippen molar-refractivity contribution in [3.05, 3.63) is 148 Å². The maximum Gasteiger partial charge on any atom is 0.341 e. The molecule has 0 aliphatic heterocycles. The Morgan fingerprint density at radius 3 is 2.13 bits per heavy atom. The lowest BCUT2D eigenvalue weighted by Gasteiger charge is -2.16. The van der Waals surface area contributed by atoms with Crippen LogP contribution < -0.4 is 21.3 Å². The van der Waals surface area contributed by atoms with Crippen LogP contribution >= 0.6 is 23.1 Å².